The van der Waals surface area contributed by atoms with Crippen molar-refractivity contribution in [3.63, 3.8) is 0 Å². The van der Waals surface area contributed by atoms with Gasteiger partial charge in [-0.3, -0.25) is 4.68 Å². The summed E-state index contributed by atoms with van der Waals surface area (Å²) >= 11 is 10.1. The molecule has 0 aromatic carbocycles. The molecule has 0 N–H and O–H groups in total. The van der Waals surface area contributed by atoms with Crippen LogP contribution in [0.2, 0.25) is 5.02 Å². The van der Waals surface area contributed by atoms with E-state index in [-0.39, 0.29) is 0 Å². The van der Waals surface area contributed by atoms with E-state index in [1.165, 1.54) is 31.4 Å². The van der Waals surface area contributed by atoms with Gasteiger partial charge in [-0.1, -0.05) is 47.3 Å². The Bertz CT molecular complexity index is 351. The minimum absolute atomic E-state index is 0.537. The van der Waals surface area contributed by atoms with Crippen molar-refractivity contribution in [1.29, 1.82) is 0 Å². The molecule has 1 saturated carbocycles. The lowest BCUT2D eigenvalue weighted by Gasteiger charge is -2.28. The maximum atomic E-state index is 6.28. The molecular formula is C12H18BrClN2. The number of nitrogens with zero attached hydrogens (tertiary/aromatic N) is 2. The Morgan fingerprint density at radius 2 is 2.25 bits per heavy atom. The summed E-state index contributed by atoms with van der Waals surface area (Å²) in [5.41, 5.74) is 1.24. The Morgan fingerprint density at radius 3 is 2.94 bits per heavy atom. The van der Waals surface area contributed by atoms with Crippen LogP contribution in [0.15, 0.2) is 6.20 Å². The quantitative estimate of drug-likeness (QED) is 0.758. The van der Waals surface area contributed by atoms with Gasteiger partial charge in [0.2, 0.25) is 0 Å². The molecule has 1 heterocycles. The Labute approximate surface area is 110 Å². The molecule has 2 rings (SSSR count). The number of alkyl halides is 1. The van der Waals surface area contributed by atoms with Crippen LogP contribution in [0.5, 0.6) is 0 Å². The molecule has 0 saturated heterocycles. The van der Waals surface area contributed by atoms with E-state index in [2.05, 4.69) is 32.6 Å². The van der Waals surface area contributed by atoms with Gasteiger partial charge < -0.3 is 0 Å². The van der Waals surface area contributed by atoms with Crippen molar-refractivity contribution < 1.29 is 0 Å². The van der Waals surface area contributed by atoms with Crippen LogP contribution < -0.4 is 0 Å². The zero-order chi connectivity index (χ0) is 11.5. The van der Waals surface area contributed by atoms with Crippen LogP contribution in [0, 0.1) is 0 Å². The standard InChI is InChI=1S/C12H18BrClN2/c1-2-7-16-12(11(14)8-15-16)9-5-3-4-6-10(9)13/h8-10H,2-7H2,1H3. The van der Waals surface area contributed by atoms with Gasteiger partial charge in [0.15, 0.2) is 0 Å². The minimum Gasteiger partial charge on any atom is -0.268 e. The molecule has 1 aromatic rings. The molecule has 90 valence electrons. The third-order valence-corrected chi connectivity index (χ3v) is 4.69. The molecule has 16 heavy (non-hydrogen) atoms. The lowest BCUT2D eigenvalue weighted by atomic mass is 9.86. The zero-order valence-corrected chi connectivity index (χ0v) is 12.0. The molecule has 2 unspecified atom stereocenters. The fourth-order valence-corrected chi connectivity index (χ4v) is 3.64. The maximum absolute atomic E-state index is 6.28. The molecular weight excluding hydrogens is 288 g/mol. The average Bonchev–Trinajstić information content (AvgIpc) is 2.62. The Hall–Kier alpha value is -0.0200. The topological polar surface area (TPSA) is 17.8 Å². The largest absolute Gasteiger partial charge is 0.268 e. The number of hydrogen-bond acceptors (Lipinski definition) is 1. The van der Waals surface area contributed by atoms with Gasteiger partial charge in [-0.25, -0.2) is 0 Å². The predicted octanol–water partition coefficient (Wildman–Crippen LogP) is 4.37. The van der Waals surface area contributed by atoms with Crippen LogP contribution in [0.1, 0.15) is 50.6 Å². The summed E-state index contributed by atoms with van der Waals surface area (Å²) in [6.45, 7) is 3.14. The summed E-state index contributed by atoms with van der Waals surface area (Å²) in [5.74, 6) is 0.537. The first-order valence-electron chi connectivity index (χ1n) is 6.09. The summed E-state index contributed by atoms with van der Waals surface area (Å²) in [6, 6.07) is 0. The molecule has 2 atom stereocenters. The van der Waals surface area contributed by atoms with Crippen LogP contribution in [0.25, 0.3) is 0 Å². The predicted molar refractivity (Wildman–Crippen MR) is 71.5 cm³/mol. The average molecular weight is 306 g/mol. The van der Waals surface area contributed by atoms with Gasteiger partial charge >= 0.3 is 0 Å². The summed E-state index contributed by atoms with van der Waals surface area (Å²) in [6.07, 6.45) is 8.00. The van der Waals surface area contributed by atoms with Crippen LogP contribution >= 0.6 is 27.5 Å². The minimum atomic E-state index is 0.537. The number of halogens is 2. The van der Waals surface area contributed by atoms with E-state index in [9.17, 15) is 0 Å². The maximum Gasteiger partial charge on any atom is 0.0821 e. The second kappa shape index (κ2) is 5.54. The highest BCUT2D eigenvalue weighted by Gasteiger charge is 2.29. The van der Waals surface area contributed by atoms with Gasteiger partial charge in [0.25, 0.3) is 0 Å². The van der Waals surface area contributed by atoms with E-state index in [4.69, 9.17) is 11.6 Å². The van der Waals surface area contributed by atoms with E-state index in [0.717, 1.165) is 18.0 Å². The van der Waals surface area contributed by atoms with Crippen molar-refractivity contribution in [3.05, 3.63) is 16.9 Å². The number of aromatic nitrogens is 2. The summed E-state index contributed by atoms with van der Waals surface area (Å²) in [4.78, 5) is 0.561. The first-order chi connectivity index (χ1) is 7.74. The molecule has 0 amide bonds. The molecule has 4 heteroatoms. The molecule has 0 spiro atoms. The first kappa shape index (κ1) is 12.4. The van der Waals surface area contributed by atoms with Crippen LogP contribution in [-0.4, -0.2) is 14.6 Å². The van der Waals surface area contributed by atoms with Gasteiger partial charge in [-0.15, -0.1) is 0 Å². The summed E-state index contributed by atoms with van der Waals surface area (Å²) in [5, 5.41) is 5.22. The van der Waals surface area contributed by atoms with Gasteiger partial charge in [0.1, 0.15) is 0 Å². The number of rotatable bonds is 3. The Kier molecular flexibility index (Phi) is 4.31. The number of hydrogen-bond donors (Lipinski definition) is 0. The van der Waals surface area contributed by atoms with Crippen LogP contribution in [0.4, 0.5) is 0 Å². The van der Waals surface area contributed by atoms with Crippen molar-refractivity contribution in [3.8, 4) is 0 Å². The van der Waals surface area contributed by atoms with Crippen molar-refractivity contribution >= 4 is 27.5 Å². The number of aryl methyl sites for hydroxylation is 1. The molecule has 0 bridgehead atoms. The second-order valence-electron chi connectivity index (χ2n) is 4.51. The smallest absolute Gasteiger partial charge is 0.0821 e. The normalized spacial score (nSPS) is 25.9. The molecule has 0 aliphatic heterocycles. The van der Waals surface area contributed by atoms with Gasteiger partial charge in [-0.05, 0) is 19.3 Å². The molecule has 1 fully saturated rings. The van der Waals surface area contributed by atoms with Gasteiger partial charge in [-0.2, -0.15) is 5.10 Å². The SMILES string of the molecule is CCCn1ncc(Cl)c1C1CCCCC1Br. The van der Waals surface area contributed by atoms with E-state index < -0.39 is 0 Å². The van der Waals surface area contributed by atoms with Crippen LogP contribution in [-0.2, 0) is 6.54 Å². The van der Waals surface area contributed by atoms with Crippen molar-refractivity contribution in [2.75, 3.05) is 0 Å². The molecule has 1 aliphatic carbocycles. The Balaban J connectivity index is 2.26. The van der Waals surface area contributed by atoms with E-state index >= 15 is 0 Å². The zero-order valence-electron chi connectivity index (χ0n) is 9.63. The van der Waals surface area contributed by atoms with Crippen molar-refractivity contribution in [2.24, 2.45) is 0 Å². The lowest BCUT2D eigenvalue weighted by molar-refractivity contribution is 0.428. The Morgan fingerprint density at radius 1 is 1.50 bits per heavy atom. The fourth-order valence-electron chi connectivity index (χ4n) is 2.52. The molecule has 2 nitrogen and oxygen atoms in total. The highest BCUT2D eigenvalue weighted by molar-refractivity contribution is 9.09. The highest BCUT2D eigenvalue weighted by Crippen LogP contribution is 2.40. The summed E-state index contributed by atoms with van der Waals surface area (Å²) < 4.78 is 2.09. The van der Waals surface area contributed by atoms with E-state index in [1.807, 2.05) is 0 Å². The third-order valence-electron chi connectivity index (χ3n) is 3.30. The van der Waals surface area contributed by atoms with Crippen molar-refractivity contribution in [1.82, 2.24) is 9.78 Å². The summed E-state index contributed by atoms with van der Waals surface area (Å²) in [7, 11) is 0. The molecule has 1 aliphatic rings. The van der Waals surface area contributed by atoms with Gasteiger partial charge in [0, 0.05) is 17.3 Å². The monoisotopic (exact) mass is 304 g/mol. The fraction of sp³-hybridized carbons (Fsp3) is 0.750. The molecule has 1 aromatic heterocycles. The lowest BCUT2D eigenvalue weighted by Crippen LogP contribution is -2.21. The van der Waals surface area contributed by atoms with E-state index in [0.29, 0.717) is 10.7 Å². The first-order valence-corrected chi connectivity index (χ1v) is 7.38. The molecule has 0 radical (unpaired) electrons. The van der Waals surface area contributed by atoms with Crippen molar-refractivity contribution in [2.45, 2.75) is 56.3 Å². The third kappa shape index (κ3) is 2.45. The van der Waals surface area contributed by atoms with E-state index in [1.54, 1.807) is 6.20 Å². The second-order valence-corrected chi connectivity index (χ2v) is 6.09. The van der Waals surface area contributed by atoms with Gasteiger partial charge in [0.05, 0.1) is 16.9 Å². The van der Waals surface area contributed by atoms with Crippen LogP contribution in [0.3, 0.4) is 0 Å². The highest BCUT2D eigenvalue weighted by atomic mass is 79.9.